The summed E-state index contributed by atoms with van der Waals surface area (Å²) in [5.41, 5.74) is 1.10. The van der Waals surface area contributed by atoms with Gasteiger partial charge in [0.2, 0.25) is 11.3 Å². The van der Waals surface area contributed by atoms with Crippen LogP contribution in [0.25, 0.3) is 5.69 Å². The smallest absolute Gasteiger partial charge is 0.278 e. The summed E-state index contributed by atoms with van der Waals surface area (Å²) in [6.07, 6.45) is 0. The minimum absolute atomic E-state index is 0.111. The lowest BCUT2D eigenvalue weighted by atomic mass is 10.2. The number of carbonyl (C=O) groups is 2. The van der Waals surface area contributed by atoms with Gasteiger partial charge in [-0.1, -0.05) is 12.1 Å². The van der Waals surface area contributed by atoms with Crippen LogP contribution in [0.2, 0.25) is 0 Å². The van der Waals surface area contributed by atoms with Gasteiger partial charge in [-0.3, -0.25) is 14.4 Å². The standard InChI is InChI=1S/C25H26FN5O4/c1-17-15-22(32)24(28-31(17)21-6-4-3-5-20(21)26)25(34)29(2)16-23(33)27-18-7-9-19(10-8-18)30-11-13-35-14-12-30/h3-10,15H,11-14,16H2,1-2H3,(H,27,33). The van der Waals surface area contributed by atoms with Crippen LogP contribution in [-0.4, -0.2) is 66.4 Å². The Hall–Kier alpha value is -4.05. The van der Waals surface area contributed by atoms with Gasteiger partial charge in [-0.25, -0.2) is 9.07 Å². The number of anilines is 2. The van der Waals surface area contributed by atoms with E-state index in [0.717, 1.165) is 23.7 Å². The van der Waals surface area contributed by atoms with Gasteiger partial charge in [0.1, 0.15) is 11.5 Å². The number of amides is 2. The fourth-order valence-electron chi connectivity index (χ4n) is 3.81. The molecule has 3 aromatic rings. The van der Waals surface area contributed by atoms with E-state index in [1.54, 1.807) is 25.1 Å². The first-order valence-electron chi connectivity index (χ1n) is 11.2. The number of carbonyl (C=O) groups excluding carboxylic acids is 2. The molecule has 2 amide bonds. The van der Waals surface area contributed by atoms with Crippen molar-refractivity contribution >= 4 is 23.2 Å². The molecule has 1 aliphatic heterocycles. The summed E-state index contributed by atoms with van der Waals surface area (Å²) < 4.78 is 20.8. The number of hydrogen-bond donors (Lipinski definition) is 1. The zero-order valence-electron chi connectivity index (χ0n) is 19.5. The Morgan fingerprint density at radius 1 is 1.11 bits per heavy atom. The van der Waals surface area contributed by atoms with Crippen LogP contribution in [-0.2, 0) is 9.53 Å². The van der Waals surface area contributed by atoms with Crippen LogP contribution in [0.3, 0.4) is 0 Å². The Morgan fingerprint density at radius 2 is 1.80 bits per heavy atom. The summed E-state index contributed by atoms with van der Waals surface area (Å²) in [7, 11) is 1.40. The average Bonchev–Trinajstić information content (AvgIpc) is 2.85. The van der Waals surface area contributed by atoms with Crippen molar-refractivity contribution in [3.63, 3.8) is 0 Å². The van der Waals surface area contributed by atoms with E-state index in [2.05, 4.69) is 15.3 Å². The van der Waals surface area contributed by atoms with Crippen LogP contribution in [0.5, 0.6) is 0 Å². The summed E-state index contributed by atoms with van der Waals surface area (Å²) in [6, 6.07) is 14.5. The minimum Gasteiger partial charge on any atom is -0.378 e. The normalized spacial score (nSPS) is 13.4. The Kier molecular flexibility index (Phi) is 7.21. The van der Waals surface area contributed by atoms with Crippen molar-refractivity contribution in [3.05, 3.63) is 82.0 Å². The van der Waals surface area contributed by atoms with E-state index in [0.29, 0.717) is 24.6 Å². The van der Waals surface area contributed by atoms with Gasteiger partial charge < -0.3 is 19.9 Å². The molecule has 2 heterocycles. The molecule has 0 bridgehead atoms. The maximum atomic E-state index is 14.3. The third kappa shape index (κ3) is 5.55. The highest BCUT2D eigenvalue weighted by Gasteiger charge is 2.22. The molecule has 1 aliphatic rings. The zero-order chi connectivity index (χ0) is 24.9. The summed E-state index contributed by atoms with van der Waals surface area (Å²) in [5.74, 6) is -1.71. The first-order valence-corrected chi connectivity index (χ1v) is 11.2. The molecule has 9 nitrogen and oxygen atoms in total. The second-order valence-electron chi connectivity index (χ2n) is 8.22. The highest BCUT2D eigenvalue weighted by atomic mass is 19.1. The minimum atomic E-state index is -0.738. The molecule has 1 N–H and O–H groups in total. The van der Waals surface area contributed by atoms with Gasteiger partial charge in [0.25, 0.3) is 5.91 Å². The second kappa shape index (κ2) is 10.5. The molecule has 0 atom stereocenters. The monoisotopic (exact) mass is 479 g/mol. The predicted molar refractivity (Wildman–Crippen MR) is 130 cm³/mol. The Morgan fingerprint density at radius 3 is 2.49 bits per heavy atom. The number of halogens is 1. The van der Waals surface area contributed by atoms with Crippen LogP contribution >= 0.6 is 0 Å². The molecule has 1 fully saturated rings. The first-order chi connectivity index (χ1) is 16.8. The van der Waals surface area contributed by atoms with Crippen LogP contribution in [0.1, 0.15) is 16.2 Å². The van der Waals surface area contributed by atoms with Crippen LogP contribution in [0.4, 0.5) is 15.8 Å². The van der Waals surface area contributed by atoms with Crippen LogP contribution < -0.4 is 15.6 Å². The van der Waals surface area contributed by atoms with Crippen molar-refractivity contribution in [2.24, 2.45) is 0 Å². The molecule has 182 valence electrons. The van der Waals surface area contributed by atoms with E-state index in [1.807, 2.05) is 12.1 Å². The molecular formula is C25H26FN5O4. The lowest BCUT2D eigenvalue weighted by Gasteiger charge is -2.28. The predicted octanol–water partition coefficient (Wildman–Crippen LogP) is 2.23. The summed E-state index contributed by atoms with van der Waals surface area (Å²) >= 11 is 0. The molecule has 35 heavy (non-hydrogen) atoms. The average molecular weight is 480 g/mol. The number of benzene rings is 2. The summed E-state index contributed by atoms with van der Waals surface area (Å²) in [6.45, 7) is 4.28. The Bertz CT molecular complexity index is 1290. The number of rotatable bonds is 6. The van der Waals surface area contributed by atoms with E-state index in [4.69, 9.17) is 4.74 Å². The quantitative estimate of drug-likeness (QED) is 0.583. The molecule has 4 rings (SSSR count). The lowest BCUT2D eigenvalue weighted by molar-refractivity contribution is -0.116. The van der Waals surface area contributed by atoms with Crippen molar-refractivity contribution in [2.45, 2.75) is 6.92 Å². The largest absolute Gasteiger partial charge is 0.378 e. The molecule has 2 aromatic carbocycles. The number of ether oxygens (including phenoxy) is 1. The topological polar surface area (TPSA) is 96.8 Å². The van der Waals surface area contributed by atoms with Crippen molar-refractivity contribution in [1.82, 2.24) is 14.7 Å². The third-order valence-corrected chi connectivity index (χ3v) is 5.65. The Labute approximate surface area is 201 Å². The molecule has 0 aliphatic carbocycles. The molecule has 1 saturated heterocycles. The lowest BCUT2D eigenvalue weighted by Crippen LogP contribution is -2.38. The van der Waals surface area contributed by atoms with E-state index in [-0.39, 0.29) is 12.2 Å². The van der Waals surface area contributed by atoms with Gasteiger partial charge in [0, 0.05) is 43.3 Å². The maximum Gasteiger partial charge on any atom is 0.278 e. The Balaban J connectivity index is 1.43. The van der Waals surface area contributed by atoms with Crippen molar-refractivity contribution in [3.8, 4) is 5.69 Å². The number of hydrogen-bond acceptors (Lipinski definition) is 6. The first kappa shape index (κ1) is 24.1. The van der Waals surface area contributed by atoms with E-state index < -0.39 is 28.8 Å². The van der Waals surface area contributed by atoms with Crippen LogP contribution in [0, 0.1) is 12.7 Å². The van der Waals surface area contributed by atoms with Crippen molar-refractivity contribution in [2.75, 3.05) is 50.1 Å². The zero-order valence-corrected chi connectivity index (χ0v) is 19.5. The summed E-state index contributed by atoms with van der Waals surface area (Å²) in [5, 5.41) is 6.85. The molecule has 10 heteroatoms. The number of aryl methyl sites for hydroxylation is 1. The van der Waals surface area contributed by atoms with Crippen LogP contribution in [0.15, 0.2) is 59.4 Å². The summed E-state index contributed by atoms with van der Waals surface area (Å²) in [4.78, 5) is 41.2. The van der Waals surface area contributed by atoms with E-state index in [9.17, 15) is 18.8 Å². The van der Waals surface area contributed by atoms with Gasteiger partial charge in [-0.05, 0) is 43.3 Å². The second-order valence-corrected chi connectivity index (χ2v) is 8.22. The highest BCUT2D eigenvalue weighted by molar-refractivity contribution is 5.98. The number of morpholine rings is 1. The van der Waals surface area contributed by atoms with Crippen molar-refractivity contribution in [1.29, 1.82) is 0 Å². The molecule has 1 aromatic heterocycles. The fourth-order valence-corrected chi connectivity index (χ4v) is 3.81. The number of nitrogens with zero attached hydrogens (tertiary/aromatic N) is 4. The fraction of sp³-hybridized carbons (Fsp3) is 0.280. The number of para-hydroxylation sites is 1. The van der Waals surface area contributed by atoms with E-state index in [1.165, 1.54) is 36.0 Å². The molecule has 0 radical (unpaired) electrons. The molecule has 0 unspecified atom stereocenters. The van der Waals surface area contributed by atoms with Gasteiger partial charge in [0.05, 0.1) is 19.8 Å². The number of nitrogens with one attached hydrogen (secondary N) is 1. The van der Waals surface area contributed by atoms with Gasteiger partial charge in [0.15, 0.2) is 5.69 Å². The van der Waals surface area contributed by atoms with Gasteiger partial charge in [-0.2, -0.15) is 5.10 Å². The van der Waals surface area contributed by atoms with Gasteiger partial charge >= 0.3 is 0 Å². The highest BCUT2D eigenvalue weighted by Crippen LogP contribution is 2.19. The molecule has 0 spiro atoms. The molecule has 0 saturated carbocycles. The van der Waals surface area contributed by atoms with Crippen molar-refractivity contribution < 1.29 is 18.7 Å². The SMILES string of the molecule is Cc1cc(=O)c(C(=O)N(C)CC(=O)Nc2ccc(N3CCOCC3)cc2)nn1-c1ccccc1F. The van der Waals surface area contributed by atoms with E-state index >= 15 is 0 Å². The maximum absolute atomic E-state index is 14.3. The molecular weight excluding hydrogens is 453 g/mol. The van der Waals surface area contributed by atoms with Gasteiger partial charge in [-0.15, -0.1) is 0 Å². The third-order valence-electron chi connectivity index (χ3n) is 5.65. The number of aromatic nitrogens is 2. The number of likely N-dealkylation sites (N-methyl/N-ethyl adjacent to an activating group) is 1.